The van der Waals surface area contributed by atoms with Crippen molar-refractivity contribution in [1.82, 2.24) is 4.98 Å². The average Bonchev–Trinajstić information content (AvgIpc) is 2.87. The number of carbonyl (C=O) groups is 3. The first kappa shape index (κ1) is 16.8. The van der Waals surface area contributed by atoms with E-state index in [4.69, 9.17) is 19.4 Å². The molecule has 0 amide bonds. The van der Waals surface area contributed by atoms with E-state index in [9.17, 15) is 14.4 Å². The number of thioether (sulfide) groups is 1. The van der Waals surface area contributed by atoms with Crippen molar-refractivity contribution in [1.29, 1.82) is 0 Å². The number of hydrogen-bond acceptors (Lipinski definition) is 7. The van der Waals surface area contributed by atoms with Gasteiger partial charge in [-0.3, -0.25) is 9.59 Å². The summed E-state index contributed by atoms with van der Waals surface area (Å²) in [4.78, 5) is 37.5. The number of carboxylic acids is 2. The van der Waals surface area contributed by atoms with Crippen molar-refractivity contribution in [3.8, 4) is 0 Å². The van der Waals surface area contributed by atoms with E-state index in [1.807, 2.05) is 0 Å². The fourth-order valence-electron chi connectivity index (χ4n) is 1.76. The molecule has 2 rings (SSSR count). The van der Waals surface area contributed by atoms with Crippen molar-refractivity contribution in [3.05, 3.63) is 23.8 Å². The third-order valence-electron chi connectivity index (χ3n) is 2.76. The maximum atomic E-state index is 11.7. The van der Waals surface area contributed by atoms with Crippen molar-refractivity contribution >= 4 is 40.8 Å². The highest BCUT2D eigenvalue weighted by Gasteiger charge is 2.25. The van der Waals surface area contributed by atoms with Crippen LogP contribution in [0.4, 0.5) is 0 Å². The number of fused-ring (bicyclic) bond motifs is 1. The molecule has 0 aliphatic heterocycles. The second kappa shape index (κ2) is 7.14. The van der Waals surface area contributed by atoms with E-state index < -0.39 is 29.6 Å². The number of ether oxygens (including phenoxy) is 1. The molecule has 0 bridgehead atoms. The normalized spacial score (nSPS) is 12.0. The highest BCUT2D eigenvalue weighted by molar-refractivity contribution is 8.00. The summed E-state index contributed by atoms with van der Waals surface area (Å²) in [6, 6.07) is 4.49. The predicted molar refractivity (Wildman–Crippen MR) is 79.5 cm³/mol. The fraction of sp³-hybridized carbons (Fsp3) is 0.286. The Morgan fingerprint density at radius 3 is 2.70 bits per heavy atom. The highest BCUT2D eigenvalue weighted by atomic mass is 32.2. The Hall–Kier alpha value is -2.55. The summed E-state index contributed by atoms with van der Waals surface area (Å²) in [5.41, 5.74) is 1.02. The molecule has 0 aliphatic carbocycles. The van der Waals surface area contributed by atoms with Crippen LogP contribution in [0.1, 0.15) is 23.7 Å². The minimum absolute atomic E-state index is 0.0228. The second-order valence-corrected chi connectivity index (χ2v) is 5.58. The van der Waals surface area contributed by atoms with Crippen LogP contribution in [0.15, 0.2) is 27.8 Å². The third kappa shape index (κ3) is 4.22. The summed E-state index contributed by atoms with van der Waals surface area (Å²) < 4.78 is 10.2. The second-order valence-electron chi connectivity index (χ2n) is 4.43. The molecule has 2 aromatic rings. The molecule has 0 saturated heterocycles. The van der Waals surface area contributed by atoms with Gasteiger partial charge in [-0.2, -0.15) is 0 Å². The van der Waals surface area contributed by atoms with Crippen molar-refractivity contribution in [3.63, 3.8) is 0 Å². The van der Waals surface area contributed by atoms with Gasteiger partial charge in [0.1, 0.15) is 10.8 Å². The molecule has 8 nitrogen and oxygen atoms in total. The average molecular weight is 339 g/mol. The number of esters is 1. The highest BCUT2D eigenvalue weighted by Crippen LogP contribution is 2.29. The van der Waals surface area contributed by atoms with E-state index in [1.165, 1.54) is 18.2 Å². The largest absolute Gasteiger partial charge is 0.481 e. The SMILES string of the molecule is CCOC(=O)c1ccc2oc(SC(CC(=O)O)C(=O)O)nc2c1. The molecule has 0 spiro atoms. The smallest absolute Gasteiger partial charge is 0.338 e. The lowest BCUT2D eigenvalue weighted by molar-refractivity contribution is -0.142. The number of oxazole rings is 1. The summed E-state index contributed by atoms with van der Waals surface area (Å²) in [5.74, 6) is -3.00. The summed E-state index contributed by atoms with van der Waals surface area (Å²) in [6.07, 6.45) is -0.563. The van der Waals surface area contributed by atoms with E-state index >= 15 is 0 Å². The number of rotatable bonds is 7. The maximum Gasteiger partial charge on any atom is 0.338 e. The van der Waals surface area contributed by atoms with Gasteiger partial charge in [0.15, 0.2) is 5.58 Å². The van der Waals surface area contributed by atoms with Crippen LogP contribution in [0, 0.1) is 0 Å². The molecule has 1 aromatic heterocycles. The van der Waals surface area contributed by atoms with Gasteiger partial charge in [0.2, 0.25) is 0 Å². The van der Waals surface area contributed by atoms with Crippen LogP contribution in [-0.4, -0.2) is 45.0 Å². The summed E-state index contributed by atoms with van der Waals surface area (Å²) in [5, 5.41) is 16.5. The van der Waals surface area contributed by atoms with Crippen LogP contribution < -0.4 is 0 Å². The molecule has 1 heterocycles. The lowest BCUT2D eigenvalue weighted by atomic mass is 10.2. The van der Waals surface area contributed by atoms with Crippen LogP contribution in [0.3, 0.4) is 0 Å². The summed E-state index contributed by atoms with van der Waals surface area (Å²) in [6.45, 7) is 1.93. The van der Waals surface area contributed by atoms with E-state index in [0.717, 1.165) is 0 Å². The molecule has 1 unspecified atom stereocenters. The quantitative estimate of drug-likeness (QED) is 0.575. The monoisotopic (exact) mass is 339 g/mol. The molecular weight excluding hydrogens is 326 g/mol. The number of carboxylic acid groups (broad SMARTS) is 2. The molecule has 0 fully saturated rings. The standard InChI is InChI=1S/C14H13NO7S/c1-2-21-13(20)7-3-4-9-8(5-7)15-14(22-9)23-10(12(18)19)6-11(16)17/h3-5,10H,2,6H2,1H3,(H,16,17)(H,18,19). The van der Waals surface area contributed by atoms with Gasteiger partial charge in [-0.05, 0) is 25.1 Å². The zero-order chi connectivity index (χ0) is 17.0. The zero-order valence-electron chi connectivity index (χ0n) is 12.0. The number of nitrogens with zero attached hydrogens (tertiary/aromatic N) is 1. The minimum Gasteiger partial charge on any atom is -0.481 e. The maximum absolute atomic E-state index is 11.7. The molecular formula is C14H13NO7S. The van der Waals surface area contributed by atoms with Crippen LogP contribution in [-0.2, 0) is 14.3 Å². The van der Waals surface area contributed by atoms with Gasteiger partial charge < -0.3 is 19.4 Å². The predicted octanol–water partition coefficient (Wildman–Crippen LogP) is 2.02. The van der Waals surface area contributed by atoms with Crippen LogP contribution in [0.25, 0.3) is 11.1 Å². The molecule has 122 valence electrons. The number of carbonyl (C=O) groups excluding carboxylic acids is 1. The summed E-state index contributed by atoms with van der Waals surface area (Å²) in [7, 11) is 0. The molecule has 0 aliphatic rings. The number of aromatic nitrogens is 1. The zero-order valence-corrected chi connectivity index (χ0v) is 12.8. The molecule has 0 saturated carbocycles. The minimum atomic E-state index is -1.27. The van der Waals surface area contributed by atoms with Crippen molar-refractivity contribution in [2.45, 2.75) is 23.8 Å². The molecule has 0 radical (unpaired) electrons. The van der Waals surface area contributed by atoms with Crippen molar-refractivity contribution in [2.75, 3.05) is 6.61 Å². The summed E-state index contributed by atoms with van der Waals surface area (Å²) >= 11 is 0.701. The van der Waals surface area contributed by atoms with E-state index in [1.54, 1.807) is 6.92 Å². The lowest BCUT2D eigenvalue weighted by Gasteiger charge is -2.05. The number of hydrogen-bond donors (Lipinski definition) is 2. The first-order chi connectivity index (χ1) is 10.9. The topological polar surface area (TPSA) is 127 Å². The van der Waals surface area contributed by atoms with Gasteiger partial charge in [0, 0.05) is 0 Å². The van der Waals surface area contributed by atoms with E-state index in [0.29, 0.717) is 28.4 Å². The van der Waals surface area contributed by atoms with Gasteiger partial charge in [-0.1, -0.05) is 11.8 Å². The number of benzene rings is 1. The Balaban J connectivity index is 2.24. The van der Waals surface area contributed by atoms with Gasteiger partial charge in [0.25, 0.3) is 5.22 Å². The number of aliphatic carboxylic acids is 2. The Bertz CT molecular complexity index is 755. The Labute approximate surface area is 134 Å². The fourth-order valence-corrected chi connectivity index (χ4v) is 2.62. The molecule has 23 heavy (non-hydrogen) atoms. The molecule has 1 atom stereocenters. The van der Waals surface area contributed by atoms with Gasteiger partial charge in [-0.15, -0.1) is 0 Å². The Morgan fingerprint density at radius 1 is 1.35 bits per heavy atom. The lowest BCUT2D eigenvalue weighted by Crippen LogP contribution is -2.20. The van der Waals surface area contributed by atoms with Crippen LogP contribution >= 0.6 is 11.8 Å². The Kier molecular flexibility index (Phi) is 5.22. The van der Waals surface area contributed by atoms with Crippen LogP contribution in [0.5, 0.6) is 0 Å². The third-order valence-corrected chi connectivity index (χ3v) is 3.79. The van der Waals surface area contributed by atoms with E-state index in [2.05, 4.69) is 4.98 Å². The first-order valence-electron chi connectivity index (χ1n) is 6.59. The van der Waals surface area contributed by atoms with Gasteiger partial charge in [-0.25, -0.2) is 9.78 Å². The molecule has 2 N–H and O–H groups in total. The molecule has 1 aromatic carbocycles. The van der Waals surface area contributed by atoms with Gasteiger partial charge >= 0.3 is 17.9 Å². The Morgan fingerprint density at radius 2 is 2.09 bits per heavy atom. The van der Waals surface area contributed by atoms with Gasteiger partial charge in [0.05, 0.1) is 18.6 Å². The van der Waals surface area contributed by atoms with Crippen molar-refractivity contribution < 1.29 is 33.8 Å². The van der Waals surface area contributed by atoms with Crippen LogP contribution in [0.2, 0.25) is 0 Å². The van der Waals surface area contributed by atoms with E-state index in [-0.39, 0.29) is 11.8 Å². The first-order valence-corrected chi connectivity index (χ1v) is 7.47. The molecule has 9 heteroatoms. The van der Waals surface area contributed by atoms with Crippen molar-refractivity contribution in [2.24, 2.45) is 0 Å².